The molecule has 3 heteroatoms. The third kappa shape index (κ3) is 3.30. The smallest absolute Gasteiger partial charge is 0.161 e. The minimum atomic E-state index is 0.290. The standard InChI is InChI=1S/C15H18BrNO/c1-2-8-17-9-7-15(18)13(11-17)10-12-5-3-4-6-14(12)16/h3-6,10H,2,7-9,11H2,1H3/b13-10+. The lowest BCUT2D eigenvalue weighted by Crippen LogP contribution is -2.36. The van der Waals surface area contributed by atoms with Gasteiger partial charge in [-0.25, -0.2) is 0 Å². The van der Waals surface area contributed by atoms with E-state index in [9.17, 15) is 4.79 Å². The summed E-state index contributed by atoms with van der Waals surface area (Å²) in [5.41, 5.74) is 2.01. The van der Waals surface area contributed by atoms with Crippen LogP contribution in [0.1, 0.15) is 25.3 Å². The Balaban J connectivity index is 2.19. The average Bonchev–Trinajstić information content (AvgIpc) is 2.36. The normalized spacial score (nSPS) is 19.4. The van der Waals surface area contributed by atoms with Crippen molar-refractivity contribution in [2.24, 2.45) is 0 Å². The zero-order valence-electron chi connectivity index (χ0n) is 10.7. The Hall–Kier alpha value is -0.930. The van der Waals surface area contributed by atoms with Gasteiger partial charge in [-0.2, -0.15) is 0 Å². The van der Waals surface area contributed by atoms with Gasteiger partial charge in [0, 0.05) is 29.6 Å². The minimum absolute atomic E-state index is 0.290. The summed E-state index contributed by atoms with van der Waals surface area (Å²) in [4.78, 5) is 14.3. The van der Waals surface area contributed by atoms with E-state index in [1.165, 1.54) is 0 Å². The predicted octanol–water partition coefficient (Wildman–Crippen LogP) is 3.52. The number of Topliss-reactive ketones (excluding diaryl/α,β-unsaturated/α-hetero) is 1. The Kier molecular flexibility index (Phi) is 4.72. The summed E-state index contributed by atoms with van der Waals surface area (Å²) in [7, 11) is 0. The summed E-state index contributed by atoms with van der Waals surface area (Å²) in [6.45, 7) is 4.93. The number of rotatable bonds is 3. The molecule has 1 aromatic rings. The molecule has 1 fully saturated rings. The Morgan fingerprint density at radius 3 is 2.89 bits per heavy atom. The van der Waals surface area contributed by atoms with Gasteiger partial charge in [0.15, 0.2) is 5.78 Å². The van der Waals surface area contributed by atoms with Crippen LogP contribution in [0.15, 0.2) is 34.3 Å². The largest absolute Gasteiger partial charge is 0.299 e. The Morgan fingerprint density at radius 1 is 1.39 bits per heavy atom. The molecule has 18 heavy (non-hydrogen) atoms. The molecule has 0 aromatic heterocycles. The molecule has 2 rings (SSSR count). The average molecular weight is 308 g/mol. The van der Waals surface area contributed by atoms with Gasteiger partial charge in [0.1, 0.15) is 0 Å². The lowest BCUT2D eigenvalue weighted by Gasteiger charge is -2.27. The Bertz CT molecular complexity index is 467. The number of nitrogens with zero attached hydrogens (tertiary/aromatic N) is 1. The number of carbonyl (C=O) groups is 1. The van der Waals surface area contributed by atoms with Gasteiger partial charge >= 0.3 is 0 Å². The van der Waals surface area contributed by atoms with Crippen LogP contribution in [-0.2, 0) is 4.79 Å². The van der Waals surface area contributed by atoms with E-state index in [0.29, 0.717) is 6.42 Å². The molecule has 0 amide bonds. The third-order valence-electron chi connectivity index (χ3n) is 3.18. The van der Waals surface area contributed by atoms with E-state index in [4.69, 9.17) is 0 Å². The van der Waals surface area contributed by atoms with Gasteiger partial charge < -0.3 is 0 Å². The topological polar surface area (TPSA) is 20.3 Å². The van der Waals surface area contributed by atoms with Crippen LogP contribution in [0.4, 0.5) is 0 Å². The zero-order chi connectivity index (χ0) is 13.0. The summed E-state index contributed by atoms with van der Waals surface area (Å²) in [5.74, 6) is 0.290. The van der Waals surface area contributed by atoms with Crippen LogP contribution in [0, 0.1) is 0 Å². The van der Waals surface area contributed by atoms with Crippen LogP contribution in [0.5, 0.6) is 0 Å². The molecule has 0 atom stereocenters. The fraction of sp³-hybridized carbons (Fsp3) is 0.400. The van der Waals surface area contributed by atoms with Crippen molar-refractivity contribution in [1.82, 2.24) is 4.90 Å². The fourth-order valence-corrected chi connectivity index (χ4v) is 2.64. The number of carbonyl (C=O) groups excluding carboxylic acids is 1. The summed E-state index contributed by atoms with van der Waals surface area (Å²) in [5, 5.41) is 0. The van der Waals surface area contributed by atoms with E-state index < -0.39 is 0 Å². The van der Waals surface area contributed by atoms with Gasteiger partial charge in [-0.15, -0.1) is 0 Å². The highest BCUT2D eigenvalue weighted by Gasteiger charge is 2.20. The first-order valence-electron chi connectivity index (χ1n) is 6.41. The molecule has 96 valence electrons. The maximum absolute atomic E-state index is 11.9. The van der Waals surface area contributed by atoms with Crippen molar-refractivity contribution in [3.05, 3.63) is 39.9 Å². The van der Waals surface area contributed by atoms with Crippen LogP contribution in [0.25, 0.3) is 6.08 Å². The molecule has 1 aromatic carbocycles. The monoisotopic (exact) mass is 307 g/mol. The second-order valence-electron chi connectivity index (χ2n) is 4.64. The van der Waals surface area contributed by atoms with Crippen molar-refractivity contribution in [3.8, 4) is 0 Å². The van der Waals surface area contributed by atoms with Gasteiger partial charge in [0.2, 0.25) is 0 Å². The number of piperidine rings is 1. The molecule has 1 aliphatic rings. The van der Waals surface area contributed by atoms with E-state index >= 15 is 0 Å². The highest BCUT2D eigenvalue weighted by Crippen LogP contribution is 2.21. The van der Waals surface area contributed by atoms with Crippen molar-refractivity contribution in [2.45, 2.75) is 19.8 Å². The van der Waals surface area contributed by atoms with Gasteiger partial charge in [-0.1, -0.05) is 41.1 Å². The van der Waals surface area contributed by atoms with E-state index in [1.54, 1.807) is 0 Å². The highest BCUT2D eigenvalue weighted by molar-refractivity contribution is 9.10. The van der Waals surface area contributed by atoms with E-state index in [1.807, 2.05) is 30.3 Å². The molecule has 0 radical (unpaired) electrons. The van der Waals surface area contributed by atoms with Crippen molar-refractivity contribution in [1.29, 1.82) is 0 Å². The number of hydrogen-bond donors (Lipinski definition) is 0. The number of likely N-dealkylation sites (tertiary alicyclic amines) is 1. The Labute approximate surface area is 117 Å². The third-order valence-corrected chi connectivity index (χ3v) is 3.90. The molecule has 0 spiro atoms. The van der Waals surface area contributed by atoms with Crippen molar-refractivity contribution >= 4 is 27.8 Å². The first kappa shape index (κ1) is 13.5. The second-order valence-corrected chi connectivity index (χ2v) is 5.49. The lowest BCUT2D eigenvalue weighted by molar-refractivity contribution is -0.117. The van der Waals surface area contributed by atoms with Crippen LogP contribution in [-0.4, -0.2) is 30.3 Å². The van der Waals surface area contributed by atoms with Crippen LogP contribution >= 0.6 is 15.9 Å². The summed E-state index contributed by atoms with van der Waals surface area (Å²) in [6, 6.07) is 8.01. The SMILES string of the molecule is CCCN1CCC(=O)/C(=C/c2ccccc2Br)C1. The van der Waals surface area contributed by atoms with E-state index in [0.717, 1.165) is 41.7 Å². The quantitative estimate of drug-likeness (QED) is 0.796. The van der Waals surface area contributed by atoms with Gasteiger partial charge in [0.05, 0.1) is 0 Å². The molecule has 2 nitrogen and oxygen atoms in total. The molecule has 0 N–H and O–H groups in total. The highest BCUT2D eigenvalue weighted by atomic mass is 79.9. The van der Waals surface area contributed by atoms with Crippen molar-refractivity contribution in [2.75, 3.05) is 19.6 Å². The van der Waals surface area contributed by atoms with Gasteiger partial charge in [-0.05, 0) is 30.7 Å². The van der Waals surface area contributed by atoms with Crippen molar-refractivity contribution < 1.29 is 4.79 Å². The molecular weight excluding hydrogens is 290 g/mol. The maximum Gasteiger partial charge on any atom is 0.161 e. The second kappa shape index (κ2) is 6.30. The minimum Gasteiger partial charge on any atom is -0.299 e. The molecule has 0 unspecified atom stereocenters. The predicted molar refractivity (Wildman–Crippen MR) is 78.5 cm³/mol. The number of ketones is 1. The molecular formula is C15H18BrNO. The molecule has 1 aliphatic heterocycles. The first-order valence-corrected chi connectivity index (χ1v) is 7.20. The van der Waals surface area contributed by atoms with Crippen LogP contribution < -0.4 is 0 Å². The maximum atomic E-state index is 11.9. The molecule has 1 saturated heterocycles. The molecule has 0 bridgehead atoms. The summed E-state index contributed by atoms with van der Waals surface area (Å²) in [6.07, 6.45) is 3.81. The van der Waals surface area contributed by atoms with Crippen LogP contribution in [0.2, 0.25) is 0 Å². The molecule has 0 saturated carbocycles. The number of halogens is 1. The van der Waals surface area contributed by atoms with E-state index in [-0.39, 0.29) is 5.78 Å². The van der Waals surface area contributed by atoms with Crippen molar-refractivity contribution in [3.63, 3.8) is 0 Å². The molecule has 1 heterocycles. The Morgan fingerprint density at radius 2 is 2.17 bits per heavy atom. The molecule has 0 aliphatic carbocycles. The van der Waals surface area contributed by atoms with Gasteiger partial charge in [-0.3, -0.25) is 9.69 Å². The van der Waals surface area contributed by atoms with Crippen LogP contribution in [0.3, 0.4) is 0 Å². The number of benzene rings is 1. The lowest BCUT2D eigenvalue weighted by atomic mass is 10.0. The van der Waals surface area contributed by atoms with Gasteiger partial charge in [0.25, 0.3) is 0 Å². The summed E-state index contributed by atoms with van der Waals surface area (Å²) >= 11 is 3.52. The summed E-state index contributed by atoms with van der Waals surface area (Å²) < 4.78 is 1.04. The number of hydrogen-bond acceptors (Lipinski definition) is 2. The first-order chi connectivity index (χ1) is 8.70. The zero-order valence-corrected chi connectivity index (χ0v) is 12.2. The van der Waals surface area contributed by atoms with E-state index in [2.05, 4.69) is 27.8 Å². The fourth-order valence-electron chi connectivity index (χ4n) is 2.24.